The molecule has 0 amide bonds. The van der Waals surface area contributed by atoms with Crippen LogP contribution in [-0.4, -0.2) is 49.7 Å². The average molecular weight is 231 g/mol. The van der Waals surface area contributed by atoms with Gasteiger partial charge < -0.3 is 19.9 Å². The van der Waals surface area contributed by atoms with Crippen molar-refractivity contribution < 1.29 is 14.6 Å². The highest BCUT2D eigenvalue weighted by atomic mass is 16.5. The van der Waals surface area contributed by atoms with Gasteiger partial charge in [0.2, 0.25) is 0 Å². The molecule has 1 atom stereocenters. The van der Waals surface area contributed by atoms with Crippen molar-refractivity contribution >= 4 is 0 Å². The molecule has 96 valence electrons. The topological polar surface area (TPSA) is 50.7 Å². The fourth-order valence-corrected chi connectivity index (χ4v) is 1.58. The lowest BCUT2D eigenvalue weighted by Gasteiger charge is -2.28. The first-order valence-corrected chi connectivity index (χ1v) is 6.24. The van der Waals surface area contributed by atoms with Crippen LogP contribution in [0.1, 0.15) is 33.1 Å². The third-order valence-electron chi connectivity index (χ3n) is 2.85. The van der Waals surface area contributed by atoms with E-state index in [4.69, 9.17) is 9.47 Å². The fourth-order valence-electron chi connectivity index (χ4n) is 1.58. The van der Waals surface area contributed by atoms with Gasteiger partial charge in [0.15, 0.2) is 0 Å². The molecule has 0 aliphatic heterocycles. The van der Waals surface area contributed by atoms with E-state index in [-0.39, 0.29) is 12.1 Å². The van der Waals surface area contributed by atoms with Gasteiger partial charge in [-0.1, -0.05) is 0 Å². The van der Waals surface area contributed by atoms with E-state index < -0.39 is 0 Å². The van der Waals surface area contributed by atoms with E-state index in [9.17, 15) is 5.11 Å². The number of hydrogen-bond donors (Lipinski definition) is 2. The van der Waals surface area contributed by atoms with Crippen LogP contribution in [-0.2, 0) is 9.47 Å². The predicted octanol–water partition coefficient (Wildman–Crippen LogP) is 0.933. The molecule has 4 nitrogen and oxygen atoms in total. The molecule has 0 aromatic heterocycles. The minimum absolute atomic E-state index is 0.165. The van der Waals surface area contributed by atoms with Crippen molar-refractivity contribution in [1.29, 1.82) is 0 Å². The molecule has 1 unspecified atom stereocenters. The highest BCUT2D eigenvalue weighted by Crippen LogP contribution is 2.23. The summed E-state index contributed by atoms with van der Waals surface area (Å²) in [5, 5.41) is 12.8. The van der Waals surface area contributed by atoms with Gasteiger partial charge in [-0.25, -0.2) is 0 Å². The zero-order chi connectivity index (χ0) is 11.9. The quantitative estimate of drug-likeness (QED) is 0.549. The monoisotopic (exact) mass is 231 g/mol. The van der Waals surface area contributed by atoms with Gasteiger partial charge in [-0.2, -0.15) is 0 Å². The van der Waals surface area contributed by atoms with Crippen LogP contribution in [0.15, 0.2) is 0 Å². The zero-order valence-corrected chi connectivity index (χ0v) is 10.5. The minimum Gasteiger partial charge on any atom is -0.394 e. The van der Waals surface area contributed by atoms with Crippen LogP contribution in [0.2, 0.25) is 0 Å². The van der Waals surface area contributed by atoms with E-state index in [0.29, 0.717) is 25.9 Å². The summed E-state index contributed by atoms with van der Waals surface area (Å²) in [6, 6.07) is 0.612. The Kier molecular flexibility index (Phi) is 6.28. The number of ether oxygens (including phenoxy) is 2. The Labute approximate surface area is 98.3 Å². The van der Waals surface area contributed by atoms with E-state index >= 15 is 0 Å². The summed E-state index contributed by atoms with van der Waals surface area (Å²) in [6.07, 6.45) is 3.31. The van der Waals surface area contributed by atoms with Crippen molar-refractivity contribution in [3.63, 3.8) is 0 Å². The molecule has 0 radical (unpaired) electrons. The second-order valence-corrected chi connectivity index (χ2v) is 4.70. The van der Waals surface area contributed by atoms with Gasteiger partial charge in [-0.05, 0) is 33.1 Å². The van der Waals surface area contributed by atoms with Crippen LogP contribution >= 0.6 is 0 Å². The van der Waals surface area contributed by atoms with Crippen molar-refractivity contribution in [1.82, 2.24) is 5.32 Å². The largest absolute Gasteiger partial charge is 0.394 e. The van der Waals surface area contributed by atoms with Crippen molar-refractivity contribution in [2.24, 2.45) is 0 Å². The van der Waals surface area contributed by atoms with Crippen LogP contribution in [0.4, 0.5) is 0 Å². The summed E-state index contributed by atoms with van der Waals surface area (Å²) in [7, 11) is 0. The molecule has 0 aromatic rings. The molecule has 1 rings (SSSR count). The zero-order valence-electron chi connectivity index (χ0n) is 10.5. The summed E-state index contributed by atoms with van der Waals surface area (Å²) in [5.41, 5.74) is -0.188. The Morgan fingerprint density at radius 3 is 2.50 bits per heavy atom. The maximum absolute atomic E-state index is 9.36. The minimum atomic E-state index is -0.188. The van der Waals surface area contributed by atoms with Gasteiger partial charge >= 0.3 is 0 Å². The lowest BCUT2D eigenvalue weighted by atomic mass is 9.99. The summed E-state index contributed by atoms with van der Waals surface area (Å²) in [4.78, 5) is 0. The summed E-state index contributed by atoms with van der Waals surface area (Å²) < 4.78 is 10.6. The lowest BCUT2D eigenvalue weighted by molar-refractivity contribution is 0.0377. The summed E-state index contributed by atoms with van der Waals surface area (Å²) in [5.74, 6) is 0. The SMILES string of the molecule is CCOCCOCCC(C)(CO)NC1CC1. The van der Waals surface area contributed by atoms with Gasteiger partial charge in [0.05, 0.1) is 19.8 Å². The average Bonchev–Trinajstić information content (AvgIpc) is 3.07. The third-order valence-corrected chi connectivity index (χ3v) is 2.85. The molecule has 0 bridgehead atoms. The van der Waals surface area contributed by atoms with Crippen LogP contribution in [0.5, 0.6) is 0 Å². The first kappa shape index (κ1) is 13.9. The molecule has 0 spiro atoms. The van der Waals surface area contributed by atoms with Crippen LogP contribution in [0, 0.1) is 0 Å². The van der Waals surface area contributed by atoms with Crippen molar-refractivity contribution in [3.05, 3.63) is 0 Å². The number of aliphatic hydroxyl groups excluding tert-OH is 1. The normalized spacial score (nSPS) is 19.7. The Balaban J connectivity index is 2.03. The molecule has 4 heteroatoms. The molecule has 0 saturated heterocycles. The maximum atomic E-state index is 9.36. The number of aliphatic hydroxyl groups is 1. The summed E-state index contributed by atoms with van der Waals surface area (Å²) in [6.45, 7) is 6.89. The molecule has 0 heterocycles. The maximum Gasteiger partial charge on any atom is 0.0700 e. The molecule has 1 fully saturated rings. The van der Waals surface area contributed by atoms with Gasteiger partial charge in [0.1, 0.15) is 0 Å². The van der Waals surface area contributed by atoms with Crippen LogP contribution < -0.4 is 5.32 Å². The van der Waals surface area contributed by atoms with Gasteiger partial charge in [0.25, 0.3) is 0 Å². The molecule has 1 saturated carbocycles. The van der Waals surface area contributed by atoms with Crippen molar-refractivity contribution in [3.8, 4) is 0 Å². The van der Waals surface area contributed by atoms with Gasteiger partial charge in [0, 0.05) is 24.8 Å². The van der Waals surface area contributed by atoms with Crippen molar-refractivity contribution in [2.45, 2.75) is 44.7 Å². The van der Waals surface area contributed by atoms with Crippen molar-refractivity contribution in [2.75, 3.05) is 33.0 Å². The van der Waals surface area contributed by atoms with E-state index in [2.05, 4.69) is 12.2 Å². The Bertz CT molecular complexity index is 185. The lowest BCUT2D eigenvalue weighted by Crippen LogP contribution is -2.47. The smallest absolute Gasteiger partial charge is 0.0700 e. The van der Waals surface area contributed by atoms with E-state index in [1.165, 1.54) is 12.8 Å². The van der Waals surface area contributed by atoms with Crippen LogP contribution in [0.3, 0.4) is 0 Å². The Morgan fingerprint density at radius 1 is 1.25 bits per heavy atom. The van der Waals surface area contributed by atoms with Crippen LogP contribution in [0.25, 0.3) is 0 Å². The molecule has 16 heavy (non-hydrogen) atoms. The third kappa shape index (κ3) is 5.80. The highest BCUT2D eigenvalue weighted by Gasteiger charge is 2.31. The second-order valence-electron chi connectivity index (χ2n) is 4.70. The molecule has 2 N–H and O–H groups in total. The number of rotatable bonds is 10. The predicted molar refractivity (Wildman–Crippen MR) is 63.6 cm³/mol. The van der Waals surface area contributed by atoms with E-state index in [1.54, 1.807) is 0 Å². The first-order chi connectivity index (χ1) is 7.70. The molecule has 1 aliphatic rings. The summed E-state index contributed by atoms with van der Waals surface area (Å²) >= 11 is 0. The number of nitrogens with one attached hydrogen (secondary N) is 1. The fraction of sp³-hybridized carbons (Fsp3) is 1.00. The second kappa shape index (κ2) is 7.22. The van der Waals surface area contributed by atoms with Gasteiger partial charge in [-0.3, -0.25) is 0 Å². The number of hydrogen-bond acceptors (Lipinski definition) is 4. The molecule has 1 aliphatic carbocycles. The molecule has 0 aromatic carbocycles. The molecular formula is C12H25NO3. The van der Waals surface area contributed by atoms with Gasteiger partial charge in [-0.15, -0.1) is 0 Å². The first-order valence-electron chi connectivity index (χ1n) is 6.24. The Hall–Kier alpha value is -0.160. The standard InChI is InChI=1S/C12H25NO3/c1-3-15-8-9-16-7-6-12(2,10-14)13-11-4-5-11/h11,13-14H,3-10H2,1-2H3. The van der Waals surface area contributed by atoms with E-state index in [0.717, 1.165) is 13.0 Å². The molecular weight excluding hydrogens is 206 g/mol. The van der Waals surface area contributed by atoms with E-state index in [1.807, 2.05) is 6.92 Å². The Morgan fingerprint density at radius 2 is 1.94 bits per heavy atom. The highest BCUT2D eigenvalue weighted by molar-refractivity contribution is 4.92.